The highest BCUT2D eigenvalue weighted by Gasteiger charge is 2.70. The number of halogens is 1. The first-order valence-corrected chi connectivity index (χ1v) is 10.3. The van der Waals surface area contributed by atoms with Crippen LogP contribution in [0.15, 0.2) is 29.2 Å². The molecule has 0 radical (unpaired) electrons. The molecule has 1 aliphatic rings. The minimum atomic E-state index is -3.44. The lowest BCUT2D eigenvalue weighted by atomic mass is 9.99. The van der Waals surface area contributed by atoms with E-state index in [0.717, 1.165) is 0 Å². The summed E-state index contributed by atoms with van der Waals surface area (Å²) in [4.78, 5) is 28.2. The summed E-state index contributed by atoms with van der Waals surface area (Å²) in [6.07, 6.45) is -3.38. The number of ether oxygens (including phenoxy) is 3. The van der Waals surface area contributed by atoms with Crippen molar-refractivity contribution in [2.24, 2.45) is 0 Å². The second-order valence-corrected chi connectivity index (χ2v) is 7.68. The fourth-order valence-electron chi connectivity index (χ4n) is 3.73. The highest BCUT2D eigenvalue weighted by Crippen LogP contribution is 2.44. The third kappa shape index (κ3) is 4.35. The Kier molecular flexibility index (Phi) is 7.79. The Morgan fingerprint density at radius 2 is 2.08 bits per heavy atom. The molecule has 0 unspecified atom stereocenters. The van der Waals surface area contributed by atoms with Gasteiger partial charge in [-0.3, -0.25) is 0 Å². The van der Waals surface area contributed by atoms with E-state index >= 15 is 0 Å². The maximum Gasteiger partial charge on any atom is 0.353 e. The molecule has 0 spiro atoms. The van der Waals surface area contributed by atoms with Crippen molar-refractivity contribution in [1.82, 2.24) is 14.6 Å². The van der Waals surface area contributed by atoms with Crippen molar-refractivity contribution in [3.8, 4) is 11.5 Å². The van der Waals surface area contributed by atoms with Gasteiger partial charge in [-0.2, -0.15) is 0 Å². The van der Waals surface area contributed by atoms with Crippen LogP contribution in [0.4, 0.5) is 10.2 Å². The second-order valence-electron chi connectivity index (χ2n) is 7.68. The summed E-state index contributed by atoms with van der Waals surface area (Å²) in [6.45, 7) is -3.37. The second kappa shape index (κ2) is 10.3. The SMILES string of the molecule is COc1cc(CN(O)[C@@]2(O)[C@H](O)[C@@H](CO)O[C@@]2(O)n2c(N)c(C(=O)OCCF)cnc2=O)ccc1O. The number of phenolic OH excluding ortho intramolecular Hbond substituents is 1. The quantitative estimate of drug-likeness (QED) is 0.105. The number of esters is 1. The largest absolute Gasteiger partial charge is 0.504 e. The molecule has 198 valence electrons. The zero-order valence-corrected chi connectivity index (χ0v) is 18.8. The normalized spacial score (nSPS) is 25.8. The van der Waals surface area contributed by atoms with Crippen LogP contribution in [-0.4, -0.2) is 96.3 Å². The number of phenols is 1. The number of anilines is 1. The van der Waals surface area contributed by atoms with Gasteiger partial charge in [-0.25, -0.2) is 23.5 Å². The molecule has 1 aromatic heterocycles. The molecular formula is C20H25FN4O11. The summed E-state index contributed by atoms with van der Waals surface area (Å²) < 4.78 is 27.2. The lowest BCUT2D eigenvalue weighted by Crippen LogP contribution is -2.68. The Hall–Kier alpha value is -3.38. The molecule has 15 nitrogen and oxygen atoms in total. The summed E-state index contributed by atoms with van der Waals surface area (Å²) in [7, 11) is 1.26. The van der Waals surface area contributed by atoms with Gasteiger partial charge in [0.1, 0.15) is 36.9 Å². The summed E-state index contributed by atoms with van der Waals surface area (Å²) in [5.41, 5.74) is 0.686. The van der Waals surface area contributed by atoms with E-state index in [0.29, 0.717) is 6.20 Å². The van der Waals surface area contributed by atoms with E-state index in [2.05, 4.69) is 9.72 Å². The number of nitrogens with two attached hydrogens (primary N) is 1. The van der Waals surface area contributed by atoms with E-state index < -0.39 is 73.3 Å². The number of carbonyl (C=O) groups is 1. The number of hydrogen-bond acceptors (Lipinski definition) is 14. The molecule has 3 rings (SSSR count). The molecular weight excluding hydrogens is 491 g/mol. The first-order chi connectivity index (χ1) is 17.0. The molecule has 2 aromatic rings. The number of nitrogens with zero attached hydrogens (tertiary/aromatic N) is 3. The number of aromatic nitrogens is 2. The molecule has 0 aliphatic carbocycles. The minimum Gasteiger partial charge on any atom is -0.504 e. The predicted molar refractivity (Wildman–Crippen MR) is 114 cm³/mol. The first-order valence-electron chi connectivity index (χ1n) is 10.3. The van der Waals surface area contributed by atoms with E-state index in [1.54, 1.807) is 0 Å². The number of aliphatic hydroxyl groups excluding tert-OH is 2. The van der Waals surface area contributed by atoms with Crippen LogP contribution in [0.5, 0.6) is 11.5 Å². The maximum absolute atomic E-state index is 12.6. The molecule has 1 fully saturated rings. The van der Waals surface area contributed by atoms with Gasteiger partial charge in [0.05, 0.1) is 26.5 Å². The topological polar surface area (TPSA) is 230 Å². The Labute approximate surface area is 201 Å². The van der Waals surface area contributed by atoms with Gasteiger partial charge in [0.2, 0.25) is 5.72 Å². The summed E-state index contributed by atoms with van der Waals surface area (Å²) in [6, 6.07) is 3.77. The number of hydroxylamine groups is 2. The molecule has 0 amide bonds. The zero-order valence-electron chi connectivity index (χ0n) is 18.8. The van der Waals surface area contributed by atoms with E-state index in [-0.39, 0.29) is 26.7 Å². The third-order valence-corrected chi connectivity index (χ3v) is 5.56. The standard InChI is InChI=1S/C20H25FN4O11/c1-34-13-6-10(2-3-12(13)27)8-24(33)19(31)15(28)14(9-26)36-20(19,32)25-16(22)11(7-23-18(25)30)17(29)35-5-4-21/h2-3,6-7,14-15,26-28,31-33H,4-5,8-9,22H2,1H3/t14-,15-,19-,20-/m1/s1. The van der Waals surface area contributed by atoms with E-state index in [1.165, 1.54) is 25.3 Å². The van der Waals surface area contributed by atoms with Crippen LogP contribution in [-0.2, 0) is 21.9 Å². The Bertz CT molecular complexity index is 1180. The van der Waals surface area contributed by atoms with Crippen LogP contribution in [0, 0.1) is 0 Å². The molecule has 1 saturated heterocycles. The van der Waals surface area contributed by atoms with Gasteiger partial charge in [-0.1, -0.05) is 6.07 Å². The first kappa shape index (κ1) is 27.2. The van der Waals surface area contributed by atoms with Gasteiger partial charge >= 0.3 is 17.6 Å². The highest BCUT2D eigenvalue weighted by atomic mass is 19.1. The number of rotatable bonds is 9. The number of alkyl halides is 1. The van der Waals surface area contributed by atoms with Crippen LogP contribution in [0.2, 0.25) is 0 Å². The van der Waals surface area contributed by atoms with Gasteiger partial charge in [-0.05, 0) is 17.7 Å². The summed E-state index contributed by atoms with van der Waals surface area (Å²) >= 11 is 0. The smallest absolute Gasteiger partial charge is 0.353 e. The molecule has 36 heavy (non-hydrogen) atoms. The number of nitrogen functional groups attached to an aromatic ring is 1. The van der Waals surface area contributed by atoms with Gasteiger partial charge in [-0.15, -0.1) is 5.06 Å². The van der Waals surface area contributed by atoms with Crippen molar-refractivity contribution in [1.29, 1.82) is 0 Å². The highest BCUT2D eigenvalue weighted by molar-refractivity contribution is 5.93. The van der Waals surface area contributed by atoms with Crippen LogP contribution in [0.3, 0.4) is 0 Å². The molecule has 0 saturated carbocycles. The maximum atomic E-state index is 12.6. The van der Waals surface area contributed by atoms with E-state index in [1.807, 2.05) is 0 Å². The average Bonchev–Trinajstić information content (AvgIpc) is 3.05. The van der Waals surface area contributed by atoms with Gasteiger partial charge in [0, 0.05) is 0 Å². The minimum absolute atomic E-state index is 0.000871. The van der Waals surface area contributed by atoms with Crippen molar-refractivity contribution in [2.45, 2.75) is 30.4 Å². The molecule has 4 atom stereocenters. The molecule has 2 heterocycles. The molecule has 1 aliphatic heterocycles. The Balaban J connectivity index is 2.13. The number of carbonyl (C=O) groups excluding carboxylic acids is 1. The van der Waals surface area contributed by atoms with Gasteiger partial charge in [0.15, 0.2) is 11.5 Å². The third-order valence-electron chi connectivity index (χ3n) is 5.56. The number of methoxy groups -OCH3 is 1. The van der Waals surface area contributed by atoms with Gasteiger partial charge in [0.25, 0.3) is 0 Å². The van der Waals surface area contributed by atoms with Crippen molar-refractivity contribution in [2.75, 3.05) is 32.7 Å². The fourth-order valence-corrected chi connectivity index (χ4v) is 3.73. The van der Waals surface area contributed by atoms with Crippen molar-refractivity contribution >= 4 is 11.8 Å². The number of aromatic hydroxyl groups is 1. The number of aliphatic hydroxyl groups is 4. The van der Waals surface area contributed by atoms with Crippen molar-refractivity contribution in [3.05, 3.63) is 46.0 Å². The monoisotopic (exact) mass is 516 g/mol. The lowest BCUT2D eigenvalue weighted by Gasteiger charge is -2.42. The fraction of sp³-hybridized carbons (Fsp3) is 0.450. The van der Waals surface area contributed by atoms with Crippen LogP contribution in [0.25, 0.3) is 0 Å². The lowest BCUT2D eigenvalue weighted by molar-refractivity contribution is -0.413. The van der Waals surface area contributed by atoms with Gasteiger partial charge < -0.3 is 50.7 Å². The molecule has 1 aromatic carbocycles. The average molecular weight is 516 g/mol. The van der Waals surface area contributed by atoms with Crippen LogP contribution < -0.4 is 16.2 Å². The van der Waals surface area contributed by atoms with Crippen molar-refractivity contribution in [3.63, 3.8) is 0 Å². The number of hydrogen-bond donors (Lipinski definition) is 7. The molecule has 8 N–H and O–H groups in total. The summed E-state index contributed by atoms with van der Waals surface area (Å²) in [5, 5.41) is 63.7. The molecule has 16 heteroatoms. The van der Waals surface area contributed by atoms with Crippen molar-refractivity contribution < 1.29 is 54.1 Å². The van der Waals surface area contributed by atoms with Crippen LogP contribution >= 0.6 is 0 Å². The van der Waals surface area contributed by atoms with Crippen LogP contribution in [0.1, 0.15) is 15.9 Å². The van der Waals surface area contributed by atoms with E-state index in [9.17, 15) is 44.7 Å². The van der Waals surface area contributed by atoms with E-state index in [4.69, 9.17) is 15.2 Å². The molecule has 0 bridgehead atoms. The Morgan fingerprint density at radius 3 is 2.69 bits per heavy atom. The zero-order chi connectivity index (χ0) is 26.8. The summed E-state index contributed by atoms with van der Waals surface area (Å²) in [5.74, 6) is -5.82. The predicted octanol–water partition coefficient (Wildman–Crippen LogP) is -2.40. The Morgan fingerprint density at radius 1 is 1.39 bits per heavy atom. The number of benzene rings is 1.